The third-order valence-electron chi connectivity index (χ3n) is 7.97. The summed E-state index contributed by atoms with van der Waals surface area (Å²) in [5, 5.41) is 17.8. The Labute approximate surface area is 148 Å². The third kappa shape index (κ3) is 2.90. The van der Waals surface area contributed by atoms with Gasteiger partial charge < -0.3 is 10.2 Å². The van der Waals surface area contributed by atoms with Gasteiger partial charge in [0, 0.05) is 13.2 Å². The van der Waals surface area contributed by atoms with Gasteiger partial charge in [0.15, 0.2) is 0 Å². The second-order valence-electron chi connectivity index (χ2n) is 9.59. The van der Waals surface area contributed by atoms with E-state index in [4.69, 9.17) is 10.2 Å². The van der Waals surface area contributed by atoms with Crippen LogP contribution >= 0.6 is 0 Å². The van der Waals surface area contributed by atoms with Gasteiger partial charge in [-0.05, 0) is 73.0 Å². The Morgan fingerprint density at radius 2 is 1.17 bits per heavy atom. The van der Waals surface area contributed by atoms with Crippen molar-refractivity contribution in [2.45, 2.75) is 66.2 Å². The summed E-state index contributed by atoms with van der Waals surface area (Å²) in [6.45, 7) is 10.1. The minimum atomic E-state index is 0.322. The van der Waals surface area contributed by atoms with E-state index in [-0.39, 0.29) is 0 Å². The van der Waals surface area contributed by atoms with Gasteiger partial charge in [-0.25, -0.2) is 0 Å². The highest BCUT2D eigenvalue weighted by Gasteiger charge is 2.51. The molecular formula is C22H36O2. The fourth-order valence-corrected chi connectivity index (χ4v) is 5.77. The zero-order chi connectivity index (χ0) is 17.5. The number of aliphatic hydroxyl groups excluding tert-OH is 2. The second-order valence-corrected chi connectivity index (χ2v) is 9.59. The molecule has 4 atom stereocenters. The van der Waals surface area contributed by atoms with E-state index in [9.17, 15) is 0 Å². The van der Waals surface area contributed by atoms with Gasteiger partial charge >= 0.3 is 0 Å². The SMILES string of the molecule is CC1(C)C2CC=C(CCO)C1C2.CC1(C)C2CC=C(CCO)C1C2. The fraction of sp³-hybridized carbons (Fsp3) is 0.818. The van der Waals surface area contributed by atoms with Gasteiger partial charge in [-0.1, -0.05) is 51.0 Å². The molecule has 2 nitrogen and oxygen atoms in total. The maximum Gasteiger partial charge on any atom is 0.0468 e. The highest BCUT2D eigenvalue weighted by atomic mass is 16.3. The Balaban J connectivity index is 0.000000141. The lowest BCUT2D eigenvalue weighted by Crippen LogP contribution is -2.48. The molecule has 6 aliphatic carbocycles. The quantitative estimate of drug-likeness (QED) is 0.731. The molecule has 24 heavy (non-hydrogen) atoms. The number of aliphatic hydroxyl groups is 2. The van der Waals surface area contributed by atoms with Crippen LogP contribution in [0.2, 0.25) is 0 Å². The lowest BCUT2D eigenvalue weighted by atomic mass is 9.48. The van der Waals surface area contributed by atoms with Crippen LogP contribution in [0.25, 0.3) is 0 Å². The lowest BCUT2D eigenvalue weighted by molar-refractivity contribution is -0.00949. The van der Waals surface area contributed by atoms with Gasteiger partial charge in [0.25, 0.3) is 0 Å². The van der Waals surface area contributed by atoms with Crippen molar-refractivity contribution < 1.29 is 10.2 Å². The summed E-state index contributed by atoms with van der Waals surface area (Å²) < 4.78 is 0. The van der Waals surface area contributed by atoms with Gasteiger partial charge in [-0.2, -0.15) is 0 Å². The predicted octanol–water partition coefficient (Wildman–Crippen LogP) is 4.72. The lowest BCUT2D eigenvalue weighted by Gasteiger charge is -2.56. The van der Waals surface area contributed by atoms with E-state index in [1.807, 2.05) is 0 Å². The van der Waals surface area contributed by atoms with Crippen LogP contribution in [0.5, 0.6) is 0 Å². The Hall–Kier alpha value is -0.600. The molecule has 2 fully saturated rings. The Morgan fingerprint density at radius 3 is 1.42 bits per heavy atom. The molecule has 6 rings (SSSR count). The van der Waals surface area contributed by atoms with Gasteiger partial charge in [0.1, 0.15) is 0 Å². The van der Waals surface area contributed by atoms with Crippen LogP contribution < -0.4 is 0 Å². The molecule has 0 aromatic heterocycles. The number of allylic oxidation sites excluding steroid dienone is 2. The normalized spacial score (nSPS) is 37.1. The molecular weight excluding hydrogens is 296 g/mol. The topological polar surface area (TPSA) is 40.5 Å². The van der Waals surface area contributed by atoms with E-state index in [1.54, 1.807) is 0 Å². The first kappa shape index (κ1) is 18.2. The average Bonchev–Trinajstić information content (AvgIpc) is 2.56. The Bertz CT molecular complexity index is 478. The molecule has 2 saturated carbocycles. The first-order valence-electron chi connectivity index (χ1n) is 9.91. The molecule has 0 aliphatic heterocycles. The van der Waals surface area contributed by atoms with Crippen molar-refractivity contribution in [3.8, 4) is 0 Å². The van der Waals surface area contributed by atoms with E-state index in [2.05, 4.69) is 39.8 Å². The first-order chi connectivity index (χ1) is 11.3. The van der Waals surface area contributed by atoms with E-state index >= 15 is 0 Å². The maximum absolute atomic E-state index is 8.88. The highest BCUT2D eigenvalue weighted by Crippen LogP contribution is 2.60. The molecule has 0 aromatic carbocycles. The summed E-state index contributed by atoms with van der Waals surface area (Å²) in [5.74, 6) is 3.40. The first-order valence-corrected chi connectivity index (χ1v) is 9.91. The van der Waals surface area contributed by atoms with Crippen molar-refractivity contribution in [2.75, 3.05) is 13.2 Å². The van der Waals surface area contributed by atoms with Crippen LogP contribution in [0.3, 0.4) is 0 Å². The molecule has 6 aliphatic rings. The summed E-state index contributed by atoms with van der Waals surface area (Å²) in [6.07, 6.45) is 11.8. The predicted molar refractivity (Wildman–Crippen MR) is 99.6 cm³/mol. The van der Waals surface area contributed by atoms with Crippen LogP contribution in [-0.4, -0.2) is 23.4 Å². The fourth-order valence-electron chi connectivity index (χ4n) is 5.77. The molecule has 2 N–H and O–H groups in total. The van der Waals surface area contributed by atoms with Crippen LogP contribution in [0, 0.1) is 34.5 Å². The largest absolute Gasteiger partial charge is 0.396 e. The van der Waals surface area contributed by atoms with Crippen LogP contribution in [0.15, 0.2) is 23.3 Å². The standard InChI is InChI=1S/2C11H18O/c2*1-11(2)9-4-3-8(5-6-12)10(11)7-9/h2*3,9-10,12H,4-7H2,1-2H3. The zero-order valence-corrected chi connectivity index (χ0v) is 16.0. The number of hydrogen-bond acceptors (Lipinski definition) is 2. The van der Waals surface area contributed by atoms with E-state index in [0.29, 0.717) is 24.0 Å². The molecule has 0 radical (unpaired) electrons. The highest BCUT2D eigenvalue weighted by molar-refractivity contribution is 5.24. The van der Waals surface area contributed by atoms with Crippen molar-refractivity contribution >= 4 is 0 Å². The van der Waals surface area contributed by atoms with Crippen molar-refractivity contribution in [1.82, 2.24) is 0 Å². The molecule has 2 heteroatoms. The van der Waals surface area contributed by atoms with Gasteiger partial charge in [0.2, 0.25) is 0 Å². The monoisotopic (exact) mass is 332 g/mol. The number of rotatable bonds is 4. The summed E-state index contributed by atoms with van der Waals surface area (Å²) in [7, 11) is 0. The summed E-state index contributed by atoms with van der Waals surface area (Å²) >= 11 is 0. The minimum absolute atomic E-state index is 0.322. The maximum atomic E-state index is 8.88. The zero-order valence-electron chi connectivity index (χ0n) is 16.0. The van der Waals surface area contributed by atoms with E-state index < -0.39 is 0 Å². The van der Waals surface area contributed by atoms with Crippen molar-refractivity contribution in [2.24, 2.45) is 34.5 Å². The molecule has 0 spiro atoms. The van der Waals surface area contributed by atoms with Gasteiger partial charge in [-0.15, -0.1) is 0 Å². The molecule has 0 amide bonds. The van der Waals surface area contributed by atoms with Gasteiger partial charge in [-0.3, -0.25) is 0 Å². The summed E-state index contributed by atoms with van der Waals surface area (Å²) in [6, 6.07) is 0. The summed E-state index contributed by atoms with van der Waals surface area (Å²) in [4.78, 5) is 0. The molecule has 4 unspecified atom stereocenters. The molecule has 0 heterocycles. The summed E-state index contributed by atoms with van der Waals surface area (Å²) in [5.41, 5.74) is 4.09. The van der Waals surface area contributed by atoms with E-state index in [1.165, 1.54) is 36.8 Å². The third-order valence-corrected chi connectivity index (χ3v) is 7.97. The number of fused-ring (bicyclic) bond motifs is 2. The Kier molecular flexibility index (Phi) is 5.01. The van der Waals surface area contributed by atoms with Crippen LogP contribution in [0.4, 0.5) is 0 Å². The smallest absolute Gasteiger partial charge is 0.0468 e. The van der Waals surface area contributed by atoms with Crippen LogP contribution in [0.1, 0.15) is 66.2 Å². The van der Waals surface area contributed by atoms with Crippen LogP contribution in [-0.2, 0) is 0 Å². The van der Waals surface area contributed by atoms with Crippen molar-refractivity contribution in [3.05, 3.63) is 23.3 Å². The number of hydrogen-bond donors (Lipinski definition) is 2. The van der Waals surface area contributed by atoms with Crippen molar-refractivity contribution in [3.63, 3.8) is 0 Å². The Morgan fingerprint density at radius 1 is 0.792 bits per heavy atom. The molecule has 0 aromatic rings. The molecule has 0 saturated heterocycles. The minimum Gasteiger partial charge on any atom is -0.396 e. The molecule has 136 valence electrons. The van der Waals surface area contributed by atoms with Gasteiger partial charge in [0.05, 0.1) is 0 Å². The second kappa shape index (κ2) is 6.61. The molecule has 4 bridgehead atoms. The van der Waals surface area contributed by atoms with Crippen molar-refractivity contribution in [1.29, 1.82) is 0 Å². The van der Waals surface area contributed by atoms with E-state index in [0.717, 1.165) is 36.5 Å². The average molecular weight is 333 g/mol.